The molecule has 2 heteroatoms. The molecule has 1 heterocycles. The first-order chi connectivity index (χ1) is 9.22. The topological polar surface area (TPSA) is 15.3 Å². The molecule has 0 saturated carbocycles. The molecule has 1 fully saturated rings. The van der Waals surface area contributed by atoms with Crippen LogP contribution in [0.15, 0.2) is 24.3 Å². The highest BCUT2D eigenvalue weighted by Crippen LogP contribution is 2.29. The summed E-state index contributed by atoms with van der Waals surface area (Å²) >= 11 is 0. The highest BCUT2D eigenvalue weighted by atomic mass is 15.1. The molecule has 0 amide bonds. The lowest BCUT2D eigenvalue weighted by Gasteiger charge is -2.28. The van der Waals surface area contributed by atoms with Crippen LogP contribution in [0.3, 0.4) is 0 Å². The van der Waals surface area contributed by atoms with Crippen LogP contribution in [0, 0.1) is 5.92 Å². The van der Waals surface area contributed by atoms with Crippen molar-refractivity contribution in [2.45, 2.75) is 46.1 Å². The van der Waals surface area contributed by atoms with Gasteiger partial charge in [0.1, 0.15) is 0 Å². The van der Waals surface area contributed by atoms with Crippen LogP contribution in [0.1, 0.15) is 51.6 Å². The number of nitrogens with zero attached hydrogens (tertiary/aromatic N) is 1. The average Bonchev–Trinajstić information content (AvgIpc) is 2.64. The molecule has 1 saturated heterocycles. The van der Waals surface area contributed by atoms with Crippen molar-refractivity contribution >= 4 is 5.69 Å². The molecule has 2 atom stereocenters. The minimum absolute atomic E-state index is 0.432. The maximum Gasteiger partial charge on any atom is 0.0414 e. The van der Waals surface area contributed by atoms with Crippen molar-refractivity contribution in [1.29, 1.82) is 0 Å². The second-order valence-electron chi connectivity index (χ2n) is 5.86. The minimum Gasteiger partial charge on any atom is -0.371 e. The molecule has 0 bridgehead atoms. The van der Waals surface area contributed by atoms with Gasteiger partial charge < -0.3 is 10.2 Å². The van der Waals surface area contributed by atoms with Crippen LogP contribution < -0.4 is 10.2 Å². The normalized spacial score (nSPS) is 22.1. The van der Waals surface area contributed by atoms with Gasteiger partial charge in [-0.1, -0.05) is 32.0 Å². The highest BCUT2D eigenvalue weighted by molar-refractivity contribution is 5.55. The van der Waals surface area contributed by atoms with E-state index < -0.39 is 0 Å². The highest BCUT2D eigenvalue weighted by Gasteiger charge is 2.18. The Hall–Kier alpha value is -1.02. The summed E-state index contributed by atoms with van der Waals surface area (Å²) in [4.78, 5) is 2.59. The Balaban J connectivity index is 2.18. The number of rotatable bonds is 4. The first-order valence-corrected chi connectivity index (χ1v) is 7.79. The molecule has 19 heavy (non-hydrogen) atoms. The average molecular weight is 260 g/mol. The monoisotopic (exact) mass is 260 g/mol. The summed E-state index contributed by atoms with van der Waals surface area (Å²) in [6.07, 6.45) is 4.02. The first-order valence-electron chi connectivity index (χ1n) is 7.79. The number of para-hydroxylation sites is 1. The Labute approximate surface area is 118 Å². The van der Waals surface area contributed by atoms with Crippen LogP contribution in [0.5, 0.6) is 0 Å². The molecule has 0 radical (unpaired) electrons. The Bertz CT molecular complexity index is 389. The Morgan fingerprint density at radius 3 is 2.84 bits per heavy atom. The van der Waals surface area contributed by atoms with E-state index in [1.807, 2.05) is 0 Å². The third-order valence-electron chi connectivity index (χ3n) is 4.27. The van der Waals surface area contributed by atoms with E-state index in [2.05, 4.69) is 55.3 Å². The molecule has 2 nitrogen and oxygen atoms in total. The van der Waals surface area contributed by atoms with Crippen molar-refractivity contribution < 1.29 is 0 Å². The van der Waals surface area contributed by atoms with Crippen LogP contribution in [0.2, 0.25) is 0 Å². The summed E-state index contributed by atoms with van der Waals surface area (Å²) in [5.74, 6) is 0.878. The Morgan fingerprint density at radius 1 is 1.26 bits per heavy atom. The van der Waals surface area contributed by atoms with Gasteiger partial charge in [0, 0.05) is 24.8 Å². The molecule has 1 aromatic rings. The van der Waals surface area contributed by atoms with Crippen LogP contribution in [0.25, 0.3) is 0 Å². The maximum absolute atomic E-state index is 3.54. The molecule has 1 N–H and O–H groups in total. The zero-order valence-electron chi connectivity index (χ0n) is 12.7. The van der Waals surface area contributed by atoms with E-state index in [1.54, 1.807) is 0 Å². The van der Waals surface area contributed by atoms with Crippen molar-refractivity contribution in [1.82, 2.24) is 5.32 Å². The van der Waals surface area contributed by atoms with E-state index in [0.717, 1.165) is 12.5 Å². The fourth-order valence-corrected chi connectivity index (χ4v) is 3.06. The minimum atomic E-state index is 0.432. The summed E-state index contributed by atoms with van der Waals surface area (Å²) in [7, 11) is 0. The van der Waals surface area contributed by atoms with E-state index in [9.17, 15) is 0 Å². The van der Waals surface area contributed by atoms with Gasteiger partial charge in [-0.3, -0.25) is 0 Å². The molecule has 2 rings (SSSR count). The zero-order chi connectivity index (χ0) is 13.7. The van der Waals surface area contributed by atoms with Gasteiger partial charge in [0.25, 0.3) is 0 Å². The maximum atomic E-state index is 3.54. The SMILES string of the molecule is CCNC(C)c1ccccc1N1CCCC(C)CC1. The lowest BCUT2D eigenvalue weighted by molar-refractivity contribution is 0.521. The zero-order valence-corrected chi connectivity index (χ0v) is 12.7. The number of benzene rings is 1. The summed E-state index contributed by atoms with van der Waals surface area (Å²) in [5, 5.41) is 3.54. The van der Waals surface area contributed by atoms with Crippen LogP contribution in [-0.4, -0.2) is 19.6 Å². The molecular formula is C17H28N2. The molecule has 2 unspecified atom stereocenters. The molecule has 1 aliphatic heterocycles. The number of nitrogens with one attached hydrogen (secondary N) is 1. The molecule has 1 aliphatic rings. The van der Waals surface area contributed by atoms with Gasteiger partial charge in [0.05, 0.1) is 0 Å². The van der Waals surface area contributed by atoms with Gasteiger partial charge in [-0.05, 0) is 50.3 Å². The Morgan fingerprint density at radius 2 is 2.05 bits per heavy atom. The second kappa shape index (κ2) is 6.95. The van der Waals surface area contributed by atoms with Crippen molar-refractivity contribution in [3.8, 4) is 0 Å². The molecular weight excluding hydrogens is 232 g/mol. The van der Waals surface area contributed by atoms with Gasteiger partial charge in [0.2, 0.25) is 0 Å². The Kier molecular flexibility index (Phi) is 5.26. The third-order valence-corrected chi connectivity index (χ3v) is 4.27. The van der Waals surface area contributed by atoms with Crippen LogP contribution >= 0.6 is 0 Å². The van der Waals surface area contributed by atoms with Gasteiger partial charge in [-0.15, -0.1) is 0 Å². The number of hydrogen-bond acceptors (Lipinski definition) is 2. The predicted molar refractivity (Wildman–Crippen MR) is 83.8 cm³/mol. The second-order valence-corrected chi connectivity index (χ2v) is 5.86. The molecule has 0 spiro atoms. The van der Waals surface area contributed by atoms with E-state index in [-0.39, 0.29) is 0 Å². The van der Waals surface area contributed by atoms with Crippen molar-refractivity contribution in [2.75, 3.05) is 24.5 Å². The number of hydrogen-bond donors (Lipinski definition) is 1. The van der Waals surface area contributed by atoms with Crippen molar-refractivity contribution in [2.24, 2.45) is 5.92 Å². The lowest BCUT2D eigenvalue weighted by Crippen LogP contribution is -2.27. The first kappa shape index (κ1) is 14.4. The summed E-state index contributed by atoms with van der Waals surface area (Å²) in [5.41, 5.74) is 2.88. The quantitative estimate of drug-likeness (QED) is 0.881. The fraction of sp³-hybridized carbons (Fsp3) is 0.647. The molecule has 1 aromatic carbocycles. The predicted octanol–water partition coefficient (Wildman–Crippen LogP) is 3.98. The molecule has 106 valence electrons. The van der Waals surface area contributed by atoms with Gasteiger partial charge in [-0.2, -0.15) is 0 Å². The molecule has 0 aliphatic carbocycles. The largest absolute Gasteiger partial charge is 0.371 e. The molecule has 0 aromatic heterocycles. The van der Waals surface area contributed by atoms with E-state index in [4.69, 9.17) is 0 Å². The lowest BCUT2D eigenvalue weighted by atomic mass is 10.0. The van der Waals surface area contributed by atoms with E-state index in [0.29, 0.717) is 6.04 Å². The smallest absolute Gasteiger partial charge is 0.0414 e. The van der Waals surface area contributed by atoms with E-state index in [1.165, 1.54) is 43.6 Å². The van der Waals surface area contributed by atoms with Crippen molar-refractivity contribution in [3.05, 3.63) is 29.8 Å². The standard InChI is InChI=1S/C17H28N2/c1-4-18-15(3)16-9-5-6-10-17(16)19-12-7-8-14(2)11-13-19/h5-6,9-10,14-15,18H,4,7-8,11-13H2,1-3H3. The summed E-state index contributed by atoms with van der Waals surface area (Å²) < 4.78 is 0. The van der Waals surface area contributed by atoms with Crippen LogP contribution in [-0.2, 0) is 0 Å². The van der Waals surface area contributed by atoms with Crippen LogP contribution in [0.4, 0.5) is 5.69 Å². The van der Waals surface area contributed by atoms with Gasteiger partial charge in [-0.25, -0.2) is 0 Å². The fourth-order valence-electron chi connectivity index (χ4n) is 3.06. The third kappa shape index (κ3) is 3.73. The van der Waals surface area contributed by atoms with E-state index >= 15 is 0 Å². The summed E-state index contributed by atoms with van der Waals surface area (Å²) in [6, 6.07) is 9.33. The van der Waals surface area contributed by atoms with Gasteiger partial charge >= 0.3 is 0 Å². The summed E-state index contributed by atoms with van der Waals surface area (Å²) in [6.45, 7) is 10.3. The van der Waals surface area contributed by atoms with Gasteiger partial charge in [0.15, 0.2) is 0 Å². The van der Waals surface area contributed by atoms with Crippen molar-refractivity contribution in [3.63, 3.8) is 0 Å². The number of anilines is 1.